The number of anilines is 1. The van der Waals surface area contributed by atoms with Gasteiger partial charge in [-0.3, -0.25) is 14.5 Å². The van der Waals surface area contributed by atoms with Crippen LogP contribution in [0.3, 0.4) is 0 Å². The Balaban J connectivity index is 1.82. The SMILES string of the molecule is O=C1c2oc3ccccc3c(=O)c2C(c2cccc(Br)c2)N1c1ccc(Br)cc1. The minimum absolute atomic E-state index is 0.0987. The van der Waals surface area contributed by atoms with E-state index in [0.29, 0.717) is 22.2 Å². The number of para-hydroxylation sites is 1. The van der Waals surface area contributed by atoms with Crippen LogP contribution in [0.1, 0.15) is 27.7 Å². The number of benzene rings is 3. The van der Waals surface area contributed by atoms with Crippen LogP contribution in [0.4, 0.5) is 5.69 Å². The molecule has 1 aliphatic heterocycles. The van der Waals surface area contributed by atoms with Crippen molar-refractivity contribution in [1.29, 1.82) is 0 Å². The predicted octanol–water partition coefficient (Wildman–Crippen LogP) is 6.07. The van der Waals surface area contributed by atoms with Crippen molar-refractivity contribution in [3.05, 3.63) is 109 Å². The Morgan fingerprint density at radius 1 is 0.828 bits per heavy atom. The first-order valence-corrected chi connectivity index (χ1v) is 10.5. The average Bonchev–Trinajstić information content (AvgIpc) is 3.02. The number of hydrogen-bond donors (Lipinski definition) is 0. The Morgan fingerprint density at radius 3 is 2.34 bits per heavy atom. The number of amides is 1. The normalized spacial score (nSPS) is 15.7. The zero-order valence-electron chi connectivity index (χ0n) is 14.9. The minimum atomic E-state index is -0.572. The highest BCUT2D eigenvalue weighted by Crippen LogP contribution is 2.41. The zero-order chi connectivity index (χ0) is 20.1. The third kappa shape index (κ3) is 2.94. The lowest BCUT2D eigenvalue weighted by molar-refractivity contribution is 0.0971. The molecule has 0 saturated carbocycles. The van der Waals surface area contributed by atoms with Gasteiger partial charge in [0.05, 0.1) is 17.0 Å². The molecule has 1 aromatic heterocycles. The predicted molar refractivity (Wildman–Crippen MR) is 119 cm³/mol. The van der Waals surface area contributed by atoms with E-state index in [-0.39, 0.29) is 17.1 Å². The number of carbonyl (C=O) groups excluding carboxylic acids is 1. The zero-order valence-corrected chi connectivity index (χ0v) is 18.1. The van der Waals surface area contributed by atoms with E-state index in [4.69, 9.17) is 4.42 Å². The monoisotopic (exact) mass is 509 g/mol. The second-order valence-corrected chi connectivity index (χ2v) is 8.61. The third-order valence-corrected chi connectivity index (χ3v) is 6.07. The van der Waals surface area contributed by atoms with E-state index in [2.05, 4.69) is 31.9 Å². The van der Waals surface area contributed by atoms with Crippen LogP contribution in [-0.4, -0.2) is 5.91 Å². The van der Waals surface area contributed by atoms with Crippen LogP contribution in [0.15, 0.2) is 91.0 Å². The summed E-state index contributed by atoms with van der Waals surface area (Å²) in [5.41, 5.74) is 2.12. The largest absolute Gasteiger partial charge is 0.450 e. The molecule has 0 radical (unpaired) electrons. The number of halogens is 2. The molecule has 5 rings (SSSR count). The van der Waals surface area contributed by atoms with Crippen LogP contribution in [0.5, 0.6) is 0 Å². The maximum atomic E-state index is 13.4. The first-order chi connectivity index (χ1) is 14.0. The average molecular weight is 511 g/mol. The van der Waals surface area contributed by atoms with Crippen molar-refractivity contribution in [3.8, 4) is 0 Å². The summed E-state index contributed by atoms with van der Waals surface area (Å²) in [6.45, 7) is 0. The Kier molecular flexibility index (Phi) is 4.41. The quantitative estimate of drug-likeness (QED) is 0.329. The molecule has 2 heterocycles. The standard InChI is InChI=1S/C23H13Br2NO3/c24-14-8-10-16(11-9-14)26-20(13-4-3-5-15(25)12-13)19-21(27)17-6-1-2-7-18(17)29-22(19)23(26)28/h1-12,20H. The highest BCUT2D eigenvalue weighted by Gasteiger charge is 2.43. The molecule has 0 fully saturated rings. The van der Waals surface area contributed by atoms with Crippen molar-refractivity contribution < 1.29 is 9.21 Å². The molecular weight excluding hydrogens is 498 g/mol. The van der Waals surface area contributed by atoms with Gasteiger partial charge >= 0.3 is 0 Å². The minimum Gasteiger partial charge on any atom is -0.450 e. The summed E-state index contributed by atoms with van der Waals surface area (Å²) in [5, 5.41) is 0.469. The molecule has 6 heteroatoms. The van der Waals surface area contributed by atoms with E-state index in [1.165, 1.54) is 0 Å². The first kappa shape index (κ1) is 18.3. The maximum absolute atomic E-state index is 13.4. The molecular formula is C23H13Br2NO3. The molecule has 142 valence electrons. The molecule has 0 spiro atoms. The van der Waals surface area contributed by atoms with Crippen LogP contribution >= 0.6 is 31.9 Å². The molecule has 3 aromatic carbocycles. The van der Waals surface area contributed by atoms with E-state index < -0.39 is 6.04 Å². The van der Waals surface area contributed by atoms with Gasteiger partial charge in [0, 0.05) is 14.6 Å². The fraction of sp³-hybridized carbons (Fsp3) is 0.0435. The molecule has 0 N–H and O–H groups in total. The number of rotatable bonds is 2. The Bertz CT molecular complexity index is 1330. The van der Waals surface area contributed by atoms with Crippen LogP contribution in [0.25, 0.3) is 11.0 Å². The second-order valence-electron chi connectivity index (χ2n) is 6.78. The van der Waals surface area contributed by atoms with Crippen molar-refractivity contribution in [2.45, 2.75) is 6.04 Å². The van der Waals surface area contributed by atoms with Crippen LogP contribution in [0.2, 0.25) is 0 Å². The van der Waals surface area contributed by atoms with E-state index in [1.54, 1.807) is 29.2 Å². The van der Waals surface area contributed by atoms with E-state index >= 15 is 0 Å². The van der Waals surface area contributed by atoms with E-state index in [9.17, 15) is 9.59 Å². The summed E-state index contributed by atoms with van der Waals surface area (Å²) in [7, 11) is 0. The number of carbonyl (C=O) groups is 1. The highest BCUT2D eigenvalue weighted by atomic mass is 79.9. The summed E-state index contributed by atoms with van der Waals surface area (Å²) in [5.74, 6) is -0.225. The molecule has 1 amide bonds. The lowest BCUT2D eigenvalue weighted by Crippen LogP contribution is -2.29. The van der Waals surface area contributed by atoms with E-state index in [0.717, 1.165) is 14.5 Å². The van der Waals surface area contributed by atoms with Gasteiger partial charge < -0.3 is 4.42 Å². The van der Waals surface area contributed by atoms with Gasteiger partial charge in [0.1, 0.15) is 5.58 Å². The molecule has 1 aliphatic rings. The smallest absolute Gasteiger partial charge is 0.295 e. The number of nitrogens with zero attached hydrogens (tertiary/aromatic N) is 1. The van der Waals surface area contributed by atoms with Gasteiger partial charge in [-0.2, -0.15) is 0 Å². The Morgan fingerprint density at radius 2 is 1.59 bits per heavy atom. The highest BCUT2D eigenvalue weighted by molar-refractivity contribution is 9.10. The van der Waals surface area contributed by atoms with Crippen molar-refractivity contribution in [1.82, 2.24) is 0 Å². The van der Waals surface area contributed by atoms with Crippen LogP contribution in [-0.2, 0) is 0 Å². The maximum Gasteiger partial charge on any atom is 0.295 e. The summed E-state index contributed by atoms with van der Waals surface area (Å²) < 4.78 is 7.72. The van der Waals surface area contributed by atoms with E-state index in [1.807, 2.05) is 48.5 Å². The molecule has 1 unspecified atom stereocenters. The van der Waals surface area contributed by atoms with Crippen molar-refractivity contribution in [2.75, 3.05) is 4.90 Å². The molecule has 0 saturated heterocycles. The van der Waals surface area contributed by atoms with Gasteiger partial charge in [-0.15, -0.1) is 0 Å². The lowest BCUT2D eigenvalue weighted by atomic mass is 9.98. The summed E-state index contributed by atoms with van der Waals surface area (Å²) >= 11 is 6.93. The molecule has 4 aromatic rings. The van der Waals surface area contributed by atoms with Crippen molar-refractivity contribution in [3.63, 3.8) is 0 Å². The van der Waals surface area contributed by atoms with Crippen molar-refractivity contribution in [2.24, 2.45) is 0 Å². The first-order valence-electron chi connectivity index (χ1n) is 8.95. The topological polar surface area (TPSA) is 50.5 Å². The Hall–Kier alpha value is -2.70. The molecule has 0 bridgehead atoms. The third-order valence-electron chi connectivity index (χ3n) is 5.05. The van der Waals surface area contributed by atoms with Gasteiger partial charge in [-0.1, -0.05) is 56.1 Å². The Labute approximate surface area is 183 Å². The fourth-order valence-corrected chi connectivity index (χ4v) is 4.46. The summed E-state index contributed by atoms with van der Waals surface area (Å²) in [6, 6.07) is 21.5. The van der Waals surface area contributed by atoms with Gasteiger partial charge in [0.2, 0.25) is 5.76 Å². The molecule has 1 atom stereocenters. The molecule has 29 heavy (non-hydrogen) atoms. The number of fused-ring (bicyclic) bond motifs is 2. The van der Waals surface area contributed by atoms with Crippen molar-refractivity contribution >= 4 is 54.4 Å². The number of hydrogen-bond acceptors (Lipinski definition) is 3. The fourth-order valence-electron chi connectivity index (χ4n) is 3.78. The van der Waals surface area contributed by atoms with Gasteiger partial charge in [-0.05, 0) is 54.1 Å². The summed E-state index contributed by atoms with van der Waals surface area (Å²) in [6.07, 6.45) is 0. The van der Waals surface area contributed by atoms with Gasteiger partial charge in [0.25, 0.3) is 5.91 Å². The summed E-state index contributed by atoms with van der Waals surface area (Å²) in [4.78, 5) is 28.5. The van der Waals surface area contributed by atoms with Gasteiger partial charge in [-0.25, -0.2) is 0 Å². The second kappa shape index (κ2) is 6.97. The lowest BCUT2D eigenvalue weighted by Gasteiger charge is -2.25. The van der Waals surface area contributed by atoms with Gasteiger partial charge in [0.15, 0.2) is 5.43 Å². The van der Waals surface area contributed by atoms with Crippen LogP contribution < -0.4 is 10.3 Å². The van der Waals surface area contributed by atoms with Crippen LogP contribution in [0, 0.1) is 0 Å². The molecule has 4 nitrogen and oxygen atoms in total. The molecule has 0 aliphatic carbocycles.